The molecule has 0 aromatic carbocycles. The molecule has 0 spiro atoms. The number of piperidine rings is 2. The van der Waals surface area contributed by atoms with Crippen LogP contribution in [0.25, 0.3) is 0 Å². The molecule has 2 fully saturated rings. The Morgan fingerprint density at radius 2 is 1.08 bits per heavy atom. The molecule has 0 bridgehead atoms. The van der Waals surface area contributed by atoms with Gasteiger partial charge < -0.3 is 8.97 Å². The summed E-state index contributed by atoms with van der Waals surface area (Å²) in [6.45, 7) is 10.5. The van der Waals surface area contributed by atoms with Crippen LogP contribution in [0.4, 0.5) is 0 Å². The summed E-state index contributed by atoms with van der Waals surface area (Å²) in [5.74, 6) is 0. The molecule has 4 unspecified atom stereocenters. The second kappa shape index (κ2) is 10.3. The molecule has 2 nitrogen and oxygen atoms in total. The van der Waals surface area contributed by atoms with Crippen LogP contribution in [0.1, 0.15) is 97.3 Å². The van der Waals surface area contributed by atoms with E-state index in [4.69, 9.17) is 0 Å². The van der Waals surface area contributed by atoms with E-state index in [9.17, 15) is 0 Å². The van der Waals surface area contributed by atoms with Crippen molar-refractivity contribution < 1.29 is 8.97 Å². The van der Waals surface area contributed by atoms with E-state index >= 15 is 0 Å². The maximum Gasteiger partial charge on any atom is 0.0888 e. The fourth-order valence-electron chi connectivity index (χ4n) is 5.98. The summed E-state index contributed by atoms with van der Waals surface area (Å²) >= 11 is 0. The molecule has 4 atom stereocenters. The largest absolute Gasteiger partial charge is 0.324 e. The van der Waals surface area contributed by atoms with Crippen molar-refractivity contribution in [3.05, 3.63) is 0 Å². The predicted octanol–water partition coefficient (Wildman–Crippen LogP) is 5.76. The number of nitrogens with zero attached hydrogens (tertiary/aromatic N) is 2. The summed E-state index contributed by atoms with van der Waals surface area (Å²) in [6.07, 6.45) is 18.9. The van der Waals surface area contributed by atoms with Crippen molar-refractivity contribution in [2.75, 3.05) is 40.3 Å². The first-order valence-corrected chi connectivity index (χ1v) is 11.7. The SMILES string of the molecule is CCCC1CCCC[N+]1(C)CCCCC[N+]1(C)CCCCC1CCC. The van der Waals surface area contributed by atoms with Crippen molar-refractivity contribution in [2.45, 2.75) is 109 Å². The molecule has 0 saturated carbocycles. The minimum absolute atomic E-state index is 0.958. The van der Waals surface area contributed by atoms with Crippen LogP contribution in [0.2, 0.25) is 0 Å². The Labute approximate surface area is 159 Å². The lowest BCUT2D eigenvalue weighted by Crippen LogP contribution is -2.56. The van der Waals surface area contributed by atoms with Crippen LogP contribution in [0, 0.1) is 0 Å². The highest BCUT2D eigenvalue weighted by Crippen LogP contribution is 2.29. The van der Waals surface area contributed by atoms with Gasteiger partial charge in [0.2, 0.25) is 0 Å². The topological polar surface area (TPSA) is 0 Å². The monoisotopic (exact) mass is 352 g/mol. The average molecular weight is 353 g/mol. The quantitative estimate of drug-likeness (QED) is 0.346. The zero-order valence-electron chi connectivity index (χ0n) is 18.1. The van der Waals surface area contributed by atoms with E-state index in [1.54, 1.807) is 0 Å². The molecule has 2 aliphatic rings. The minimum atomic E-state index is 0.958. The van der Waals surface area contributed by atoms with Gasteiger partial charge >= 0.3 is 0 Å². The van der Waals surface area contributed by atoms with Crippen molar-refractivity contribution >= 4 is 0 Å². The third-order valence-corrected chi connectivity index (χ3v) is 7.76. The van der Waals surface area contributed by atoms with Crippen LogP contribution in [0.15, 0.2) is 0 Å². The molecular formula is C23H48N2+2. The summed E-state index contributed by atoms with van der Waals surface area (Å²) in [5, 5.41) is 0. The number of hydrogen-bond donors (Lipinski definition) is 0. The standard InChI is InChI=1S/C23H48N2/c1-5-14-22-16-8-12-20-24(22,3)18-10-7-11-19-25(4)21-13-9-17-23(25)15-6-2/h22-23H,5-21H2,1-4H3/q+2. The van der Waals surface area contributed by atoms with Crippen molar-refractivity contribution in [2.24, 2.45) is 0 Å². The molecular weight excluding hydrogens is 304 g/mol. The molecule has 148 valence electrons. The fraction of sp³-hybridized carbons (Fsp3) is 1.00. The minimum Gasteiger partial charge on any atom is -0.324 e. The van der Waals surface area contributed by atoms with Crippen LogP contribution >= 0.6 is 0 Å². The van der Waals surface area contributed by atoms with Gasteiger partial charge in [-0.25, -0.2) is 0 Å². The van der Waals surface area contributed by atoms with Crippen molar-refractivity contribution in [3.8, 4) is 0 Å². The predicted molar refractivity (Wildman–Crippen MR) is 111 cm³/mol. The van der Waals surface area contributed by atoms with Gasteiger partial charge in [0.15, 0.2) is 0 Å². The molecule has 0 aromatic heterocycles. The first-order chi connectivity index (χ1) is 12.0. The summed E-state index contributed by atoms with van der Waals surface area (Å²) in [4.78, 5) is 0. The van der Waals surface area contributed by atoms with E-state index in [0.29, 0.717) is 0 Å². The Bertz CT molecular complexity index is 331. The van der Waals surface area contributed by atoms with E-state index in [0.717, 1.165) is 12.1 Å². The van der Waals surface area contributed by atoms with Crippen molar-refractivity contribution in [1.82, 2.24) is 0 Å². The molecule has 2 aliphatic heterocycles. The van der Waals surface area contributed by atoms with Crippen LogP contribution in [-0.4, -0.2) is 61.3 Å². The van der Waals surface area contributed by atoms with Gasteiger partial charge in [-0.1, -0.05) is 26.7 Å². The van der Waals surface area contributed by atoms with Gasteiger partial charge in [0.1, 0.15) is 0 Å². The smallest absolute Gasteiger partial charge is 0.0888 e. The van der Waals surface area contributed by atoms with Gasteiger partial charge in [-0.15, -0.1) is 0 Å². The summed E-state index contributed by atoms with van der Waals surface area (Å²) in [6, 6.07) is 1.92. The highest BCUT2D eigenvalue weighted by molar-refractivity contribution is 4.67. The van der Waals surface area contributed by atoms with E-state index in [1.165, 1.54) is 119 Å². The summed E-state index contributed by atoms with van der Waals surface area (Å²) in [5.41, 5.74) is 0. The highest BCUT2D eigenvalue weighted by Gasteiger charge is 2.35. The molecule has 25 heavy (non-hydrogen) atoms. The summed E-state index contributed by atoms with van der Waals surface area (Å²) in [7, 11) is 5.13. The van der Waals surface area contributed by atoms with Crippen LogP contribution < -0.4 is 0 Å². The molecule has 0 radical (unpaired) electrons. The molecule has 0 aromatic rings. The number of likely N-dealkylation sites (tertiary alicyclic amines) is 2. The molecule has 0 aliphatic carbocycles. The summed E-state index contributed by atoms with van der Waals surface area (Å²) < 4.78 is 2.77. The molecule has 2 heterocycles. The lowest BCUT2D eigenvalue weighted by molar-refractivity contribution is -0.940. The van der Waals surface area contributed by atoms with E-state index < -0.39 is 0 Å². The van der Waals surface area contributed by atoms with Gasteiger partial charge in [-0.3, -0.25) is 0 Å². The van der Waals surface area contributed by atoms with Gasteiger partial charge in [-0.05, 0) is 70.6 Å². The van der Waals surface area contributed by atoms with E-state index in [2.05, 4.69) is 27.9 Å². The Balaban J connectivity index is 1.72. The third-order valence-electron chi connectivity index (χ3n) is 7.76. The average Bonchev–Trinajstić information content (AvgIpc) is 2.59. The maximum absolute atomic E-state index is 2.56. The van der Waals surface area contributed by atoms with Gasteiger partial charge in [0.25, 0.3) is 0 Å². The molecule has 0 N–H and O–H groups in total. The molecule has 2 heteroatoms. The number of hydrogen-bond acceptors (Lipinski definition) is 0. The van der Waals surface area contributed by atoms with Crippen LogP contribution in [-0.2, 0) is 0 Å². The lowest BCUT2D eigenvalue weighted by atomic mass is 9.94. The first-order valence-electron chi connectivity index (χ1n) is 11.7. The van der Waals surface area contributed by atoms with E-state index in [-0.39, 0.29) is 0 Å². The Morgan fingerprint density at radius 3 is 1.48 bits per heavy atom. The van der Waals surface area contributed by atoms with Gasteiger partial charge in [-0.2, -0.15) is 0 Å². The number of rotatable bonds is 10. The molecule has 0 amide bonds. The van der Waals surface area contributed by atoms with Crippen LogP contribution in [0.3, 0.4) is 0 Å². The number of unbranched alkanes of at least 4 members (excludes halogenated alkanes) is 2. The third kappa shape index (κ3) is 5.96. The normalized spacial score (nSPS) is 36.5. The Kier molecular flexibility index (Phi) is 8.75. The highest BCUT2D eigenvalue weighted by atomic mass is 15.4. The second-order valence-electron chi connectivity index (χ2n) is 9.79. The second-order valence-corrected chi connectivity index (χ2v) is 9.79. The van der Waals surface area contributed by atoms with Crippen LogP contribution in [0.5, 0.6) is 0 Å². The number of quaternary nitrogens is 2. The van der Waals surface area contributed by atoms with Crippen molar-refractivity contribution in [1.29, 1.82) is 0 Å². The Hall–Kier alpha value is -0.0800. The first kappa shape index (κ1) is 21.2. The lowest BCUT2D eigenvalue weighted by Gasteiger charge is -2.46. The zero-order valence-corrected chi connectivity index (χ0v) is 18.1. The fourth-order valence-corrected chi connectivity index (χ4v) is 5.98. The van der Waals surface area contributed by atoms with E-state index in [1.807, 2.05) is 0 Å². The van der Waals surface area contributed by atoms with Crippen molar-refractivity contribution in [3.63, 3.8) is 0 Å². The van der Waals surface area contributed by atoms with Gasteiger partial charge in [0.05, 0.1) is 52.4 Å². The van der Waals surface area contributed by atoms with Gasteiger partial charge in [0, 0.05) is 0 Å². The molecule has 2 rings (SSSR count). The zero-order chi connectivity index (χ0) is 18.2. The Morgan fingerprint density at radius 1 is 0.640 bits per heavy atom. The maximum atomic E-state index is 2.56. The molecule has 2 saturated heterocycles.